The quantitative estimate of drug-likeness (QED) is 0.797. The second-order valence-electron chi connectivity index (χ2n) is 3.13. The first-order chi connectivity index (χ1) is 6.68. The van der Waals surface area contributed by atoms with Gasteiger partial charge in [0, 0.05) is 21.3 Å². The molecule has 0 bridgehead atoms. The van der Waals surface area contributed by atoms with E-state index in [9.17, 15) is 0 Å². The smallest absolute Gasteiger partial charge is 0.133 e. The molecular weight excluding hydrogens is 221 g/mol. The van der Waals surface area contributed by atoms with Gasteiger partial charge in [-0.05, 0) is 25.1 Å². The van der Waals surface area contributed by atoms with Crippen LogP contribution in [0, 0.1) is 0 Å². The van der Waals surface area contributed by atoms with Gasteiger partial charge in [-0.15, -0.1) is 0 Å². The van der Waals surface area contributed by atoms with Crippen molar-refractivity contribution in [2.75, 3.05) is 0 Å². The third-order valence-electron chi connectivity index (χ3n) is 2.03. The van der Waals surface area contributed by atoms with E-state index in [2.05, 4.69) is 5.48 Å². The normalized spacial score (nSPS) is 20.5. The molecule has 14 heavy (non-hydrogen) atoms. The van der Waals surface area contributed by atoms with Gasteiger partial charge in [-0.25, -0.2) is 0 Å². The van der Waals surface area contributed by atoms with Gasteiger partial charge in [0.25, 0.3) is 0 Å². The molecule has 0 radical (unpaired) electrons. The van der Waals surface area contributed by atoms with Crippen molar-refractivity contribution in [3.63, 3.8) is 0 Å². The van der Waals surface area contributed by atoms with Gasteiger partial charge in [-0.1, -0.05) is 29.3 Å². The Bertz CT molecular complexity index is 369. The number of hydrogen-bond acceptors (Lipinski definition) is 2. The van der Waals surface area contributed by atoms with E-state index < -0.39 is 0 Å². The summed E-state index contributed by atoms with van der Waals surface area (Å²) in [7, 11) is 0. The summed E-state index contributed by atoms with van der Waals surface area (Å²) in [4.78, 5) is 5.30. The lowest BCUT2D eigenvalue weighted by molar-refractivity contribution is 0.0422. The van der Waals surface area contributed by atoms with Crippen molar-refractivity contribution in [1.82, 2.24) is 5.48 Å². The first-order valence-corrected chi connectivity index (χ1v) is 4.98. The van der Waals surface area contributed by atoms with Gasteiger partial charge in [-0.3, -0.25) is 10.3 Å². The van der Waals surface area contributed by atoms with Crippen LogP contribution in [0.2, 0.25) is 10.0 Å². The summed E-state index contributed by atoms with van der Waals surface area (Å²) in [6.07, 6.45) is 1.74. The molecule has 0 spiro atoms. The third kappa shape index (κ3) is 1.73. The van der Waals surface area contributed by atoms with Crippen LogP contribution in [0.15, 0.2) is 30.0 Å². The third-order valence-corrected chi connectivity index (χ3v) is 2.69. The van der Waals surface area contributed by atoms with E-state index in [1.807, 2.05) is 19.1 Å². The summed E-state index contributed by atoms with van der Waals surface area (Å²) >= 11 is 12.1. The molecule has 1 aromatic carbocycles. The molecule has 0 amide bonds. The molecule has 1 N–H and O–H groups in total. The van der Waals surface area contributed by atoms with Crippen LogP contribution in [-0.2, 0) is 4.84 Å². The summed E-state index contributed by atoms with van der Waals surface area (Å²) in [6.45, 7) is 1.92. The minimum absolute atomic E-state index is 0.198. The average molecular weight is 230 g/mol. The number of halogens is 2. The highest BCUT2D eigenvalue weighted by Crippen LogP contribution is 2.34. The number of hydrogen-bond donors (Lipinski definition) is 1. The van der Waals surface area contributed by atoms with Gasteiger partial charge in [-0.2, -0.15) is 0 Å². The van der Waals surface area contributed by atoms with Gasteiger partial charge in [0.2, 0.25) is 0 Å². The van der Waals surface area contributed by atoms with E-state index >= 15 is 0 Å². The van der Waals surface area contributed by atoms with Crippen LogP contribution in [-0.4, -0.2) is 0 Å². The monoisotopic (exact) mass is 229 g/mol. The Morgan fingerprint density at radius 1 is 1.29 bits per heavy atom. The van der Waals surface area contributed by atoms with Gasteiger partial charge < -0.3 is 0 Å². The minimum atomic E-state index is -0.198. The lowest BCUT2D eigenvalue weighted by Gasteiger charge is -2.11. The second kappa shape index (κ2) is 3.81. The molecule has 0 unspecified atom stereocenters. The topological polar surface area (TPSA) is 21.3 Å². The van der Waals surface area contributed by atoms with E-state index in [0.29, 0.717) is 10.0 Å². The Kier molecular flexibility index (Phi) is 2.68. The summed E-state index contributed by atoms with van der Waals surface area (Å²) in [5.41, 5.74) is 4.54. The molecule has 0 aromatic heterocycles. The van der Waals surface area contributed by atoms with Gasteiger partial charge in [0.05, 0.1) is 0 Å². The largest absolute Gasteiger partial charge is 0.271 e. The predicted molar refractivity (Wildman–Crippen MR) is 57.2 cm³/mol. The Morgan fingerprint density at radius 3 is 2.43 bits per heavy atom. The van der Waals surface area contributed by atoms with Crippen LogP contribution in [0.25, 0.3) is 0 Å². The fraction of sp³-hybridized carbons (Fsp3) is 0.200. The molecule has 0 saturated carbocycles. The van der Waals surface area contributed by atoms with E-state index in [1.165, 1.54) is 0 Å². The molecule has 4 heteroatoms. The molecule has 1 heterocycles. The lowest BCUT2D eigenvalue weighted by Crippen LogP contribution is -2.06. The highest BCUT2D eigenvalue weighted by atomic mass is 35.5. The Morgan fingerprint density at radius 2 is 1.93 bits per heavy atom. The van der Waals surface area contributed by atoms with E-state index in [1.54, 1.807) is 12.1 Å². The molecule has 1 aromatic rings. The maximum Gasteiger partial charge on any atom is 0.133 e. The Hall–Kier alpha value is -0.700. The van der Waals surface area contributed by atoms with Crippen molar-refractivity contribution in [2.45, 2.75) is 13.0 Å². The lowest BCUT2D eigenvalue weighted by atomic mass is 10.1. The van der Waals surface area contributed by atoms with Crippen LogP contribution < -0.4 is 5.48 Å². The molecular formula is C10H9Cl2NO. The first kappa shape index (κ1) is 9.84. The SMILES string of the molecule is CC1=C[C@H](c2c(Cl)cccc2Cl)ON1. The number of benzene rings is 1. The Labute approximate surface area is 92.4 Å². The standard InChI is InChI=1S/C10H9Cl2NO/c1-6-5-9(14-13-6)10-7(11)3-2-4-8(10)12/h2-5,9,13H,1H3/t9-/m1/s1. The molecule has 0 aliphatic carbocycles. The van der Waals surface area contributed by atoms with Crippen molar-refractivity contribution in [1.29, 1.82) is 0 Å². The Balaban J connectivity index is 2.41. The zero-order chi connectivity index (χ0) is 10.1. The molecule has 2 nitrogen and oxygen atoms in total. The van der Waals surface area contributed by atoms with Gasteiger partial charge >= 0.3 is 0 Å². The fourth-order valence-electron chi connectivity index (χ4n) is 1.38. The molecule has 74 valence electrons. The van der Waals surface area contributed by atoms with E-state index in [-0.39, 0.29) is 6.10 Å². The fourth-order valence-corrected chi connectivity index (χ4v) is 1.99. The molecule has 2 rings (SSSR count). The van der Waals surface area contributed by atoms with Crippen molar-refractivity contribution in [3.05, 3.63) is 45.6 Å². The van der Waals surface area contributed by atoms with Crippen LogP contribution in [0.1, 0.15) is 18.6 Å². The van der Waals surface area contributed by atoms with Crippen molar-refractivity contribution in [3.8, 4) is 0 Å². The first-order valence-electron chi connectivity index (χ1n) is 4.22. The second-order valence-corrected chi connectivity index (χ2v) is 3.94. The summed E-state index contributed by atoms with van der Waals surface area (Å²) < 4.78 is 0. The highest BCUT2D eigenvalue weighted by molar-refractivity contribution is 6.36. The predicted octanol–water partition coefficient (Wildman–Crippen LogP) is 3.47. The zero-order valence-electron chi connectivity index (χ0n) is 7.55. The summed E-state index contributed by atoms with van der Waals surface area (Å²) in [5.74, 6) is 0. The maximum absolute atomic E-state index is 6.04. The number of nitrogens with one attached hydrogen (secondary N) is 1. The highest BCUT2D eigenvalue weighted by Gasteiger charge is 2.21. The molecule has 1 atom stereocenters. The van der Waals surface area contributed by atoms with Crippen LogP contribution >= 0.6 is 23.2 Å². The van der Waals surface area contributed by atoms with Gasteiger partial charge in [0.15, 0.2) is 0 Å². The average Bonchev–Trinajstić information content (AvgIpc) is 2.51. The van der Waals surface area contributed by atoms with E-state index in [4.69, 9.17) is 28.0 Å². The van der Waals surface area contributed by atoms with Crippen LogP contribution in [0.5, 0.6) is 0 Å². The molecule has 0 saturated heterocycles. The summed E-state index contributed by atoms with van der Waals surface area (Å²) in [6, 6.07) is 5.41. The van der Waals surface area contributed by atoms with Crippen molar-refractivity contribution in [2.24, 2.45) is 0 Å². The number of allylic oxidation sites excluding steroid dienone is 1. The molecule has 1 aliphatic heterocycles. The maximum atomic E-state index is 6.04. The number of rotatable bonds is 1. The number of hydroxylamine groups is 1. The van der Waals surface area contributed by atoms with Gasteiger partial charge in [0.1, 0.15) is 6.10 Å². The van der Waals surface area contributed by atoms with Crippen LogP contribution in [0.3, 0.4) is 0 Å². The van der Waals surface area contributed by atoms with Crippen molar-refractivity contribution >= 4 is 23.2 Å². The van der Waals surface area contributed by atoms with E-state index in [0.717, 1.165) is 11.3 Å². The molecule has 0 fully saturated rings. The van der Waals surface area contributed by atoms with Crippen molar-refractivity contribution < 1.29 is 4.84 Å². The zero-order valence-corrected chi connectivity index (χ0v) is 9.06. The summed E-state index contributed by atoms with van der Waals surface area (Å²) in [5, 5.41) is 1.24. The van der Waals surface area contributed by atoms with Crippen LogP contribution in [0.4, 0.5) is 0 Å². The molecule has 1 aliphatic rings. The minimum Gasteiger partial charge on any atom is -0.271 e.